The van der Waals surface area contributed by atoms with E-state index < -0.39 is 0 Å². The van der Waals surface area contributed by atoms with E-state index >= 15 is 0 Å². The molecule has 0 spiro atoms. The average molecular weight is 293 g/mol. The van der Waals surface area contributed by atoms with Crippen LogP contribution in [0.25, 0.3) is 0 Å². The maximum Gasteiger partial charge on any atom is 0.161 e. The van der Waals surface area contributed by atoms with E-state index in [-0.39, 0.29) is 5.41 Å². The van der Waals surface area contributed by atoms with Gasteiger partial charge in [0.05, 0.1) is 14.2 Å². The van der Waals surface area contributed by atoms with E-state index in [0.29, 0.717) is 6.04 Å². The quantitative estimate of drug-likeness (QED) is 0.803. The summed E-state index contributed by atoms with van der Waals surface area (Å²) >= 11 is 0. The van der Waals surface area contributed by atoms with Crippen LogP contribution in [0.1, 0.15) is 57.7 Å². The van der Waals surface area contributed by atoms with Gasteiger partial charge in [0.15, 0.2) is 11.5 Å². The molecular weight excluding hydrogens is 262 g/mol. The molecule has 0 aromatic heterocycles. The molecule has 1 rings (SSSR count). The predicted molar refractivity (Wildman–Crippen MR) is 89.4 cm³/mol. The number of hydrogen-bond donors (Lipinski definition) is 1. The number of benzene rings is 1. The highest BCUT2D eigenvalue weighted by molar-refractivity contribution is 5.48. The van der Waals surface area contributed by atoms with Gasteiger partial charge < -0.3 is 14.8 Å². The number of methoxy groups -OCH3 is 2. The smallest absolute Gasteiger partial charge is 0.161 e. The van der Waals surface area contributed by atoms with Gasteiger partial charge in [0.2, 0.25) is 0 Å². The van der Waals surface area contributed by atoms with E-state index in [2.05, 4.69) is 52.1 Å². The molecule has 1 aromatic rings. The molecule has 21 heavy (non-hydrogen) atoms. The molecule has 120 valence electrons. The van der Waals surface area contributed by atoms with Gasteiger partial charge in [-0.3, -0.25) is 0 Å². The van der Waals surface area contributed by atoms with Gasteiger partial charge in [-0.2, -0.15) is 0 Å². The first-order valence-corrected chi connectivity index (χ1v) is 7.78. The average Bonchev–Trinajstić information content (AvgIpc) is 2.42. The molecule has 0 saturated heterocycles. The van der Waals surface area contributed by atoms with Crippen molar-refractivity contribution in [2.45, 2.75) is 53.5 Å². The minimum atomic E-state index is 0.269. The molecule has 1 unspecified atom stereocenters. The maximum atomic E-state index is 5.46. The number of hydrogen-bond acceptors (Lipinski definition) is 3. The Morgan fingerprint density at radius 1 is 1.10 bits per heavy atom. The van der Waals surface area contributed by atoms with Crippen LogP contribution in [0.5, 0.6) is 11.5 Å². The van der Waals surface area contributed by atoms with E-state index in [4.69, 9.17) is 9.47 Å². The summed E-state index contributed by atoms with van der Waals surface area (Å²) in [5.74, 6) is 1.60. The van der Waals surface area contributed by atoms with Crippen molar-refractivity contribution in [2.24, 2.45) is 5.41 Å². The molecule has 0 radical (unpaired) electrons. The van der Waals surface area contributed by atoms with Gasteiger partial charge in [-0.05, 0) is 55.0 Å². The lowest BCUT2D eigenvalue weighted by Crippen LogP contribution is -2.27. The van der Waals surface area contributed by atoms with Gasteiger partial charge in [-0.1, -0.05) is 27.7 Å². The van der Waals surface area contributed by atoms with Crippen molar-refractivity contribution in [1.82, 2.24) is 5.32 Å². The topological polar surface area (TPSA) is 30.5 Å². The monoisotopic (exact) mass is 293 g/mol. The van der Waals surface area contributed by atoms with Crippen molar-refractivity contribution in [3.63, 3.8) is 0 Å². The maximum absolute atomic E-state index is 5.46. The van der Waals surface area contributed by atoms with Gasteiger partial charge in [0.25, 0.3) is 0 Å². The highest BCUT2D eigenvalue weighted by Crippen LogP contribution is 2.36. The van der Waals surface area contributed by atoms with Crippen LogP contribution in [0.15, 0.2) is 12.1 Å². The van der Waals surface area contributed by atoms with Crippen LogP contribution >= 0.6 is 0 Å². The molecule has 0 heterocycles. The Balaban J connectivity index is 3.16. The van der Waals surface area contributed by atoms with Gasteiger partial charge in [0, 0.05) is 6.04 Å². The van der Waals surface area contributed by atoms with Crippen molar-refractivity contribution in [3.05, 3.63) is 23.3 Å². The lowest BCUT2D eigenvalue weighted by molar-refractivity contribution is 0.309. The van der Waals surface area contributed by atoms with Crippen molar-refractivity contribution >= 4 is 0 Å². The number of ether oxygens (including phenoxy) is 2. The van der Waals surface area contributed by atoms with Gasteiger partial charge in [-0.25, -0.2) is 0 Å². The number of rotatable bonds is 7. The van der Waals surface area contributed by atoms with Crippen LogP contribution in [0.2, 0.25) is 0 Å². The molecule has 0 aliphatic carbocycles. The van der Waals surface area contributed by atoms with Crippen LogP contribution in [-0.2, 0) is 0 Å². The SMILES string of the molecule is CCCNC(CC(C)(C)C)c1cc(OC)c(OC)cc1C. The second-order valence-electron chi connectivity index (χ2n) is 6.84. The highest BCUT2D eigenvalue weighted by Gasteiger charge is 2.22. The summed E-state index contributed by atoms with van der Waals surface area (Å²) in [6.45, 7) is 12.2. The standard InChI is InChI=1S/C18H31NO2/c1-8-9-19-15(12-18(3,4)5)14-11-17(21-7)16(20-6)10-13(14)2/h10-11,15,19H,8-9,12H2,1-7H3. The van der Waals surface area contributed by atoms with Crippen LogP contribution in [0.4, 0.5) is 0 Å². The third kappa shape index (κ3) is 5.24. The third-order valence-corrected chi connectivity index (χ3v) is 3.60. The second-order valence-corrected chi connectivity index (χ2v) is 6.84. The molecule has 3 heteroatoms. The normalized spacial score (nSPS) is 13.1. The van der Waals surface area contributed by atoms with E-state index in [1.54, 1.807) is 14.2 Å². The lowest BCUT2D eigenvalue weighted by atomic mass is 9.84. The van der Waals surface area contributed by atoms with Crippen molar-refractivity contribution < 1.29 is 9.47 Å². The summed E-state index contributed by atoms with van der Waals surface area (Å²) < 4.78 is 10.9. The Hall–Kier alpha value is -1.22. The molecule has 3 nitrogen and oxygen atoms in total. The first-order chi connectivity index (χ1) is 9.82. The van der Waals surface area contributed by atoms with Crippen LogP contribution in [0, 0.1) is 12.3 Å². The Morgan fingerprint density at radius 3 is 2.14 bits per heavy atom. The van der Waals surface area contributed by atoms with Gasteiger partial charge >= 0.3 is 0 Å². The number of aryl methyl sites for hydroxylation is 1. The molecular formula is C18H31NO2. The zero-order chi connectivity index (χ0) is 16.0. The Morgan fingerprint density at radius 2 is 1.67 bits per heavy atom. The lowest BCUT2D eigenvalue weighted by Gasteiger charge is -2.29. The summed E-state index contributed by atoms with van der Waals surface area (Å²) in [6, 6.07) is 4.52. The fraction of sp³-hybridized carbons (Fsp3) is 0.667. The summed E-state index contributed by atoms with van der Waals surface area (Å²) in [6.07, 6.45) is 2.22. The summed E-state index contributed by atoms with van der Waals surface area (Å²) in [5.41, 5.74) is 2.81. The first-order valence-electron chi connectivity index (χ1n) is 7.78. The van der Waals surface area contributed by atoms with Crippen LogP contribution in [0.3, 0.4) is 0 Å². The van der Waals surface area contributed by atoms with Crippen molar-refractivity contribution in [3.8, 4) is 11.5 Å². The molecule has 0 aliphatic rings. The highest BCUT2D eigenvalue weighted by atomic mass is 16.5. The Labute approximate surface area is 130 Å². The van der Waals surface area contributed by atoms with E-state index in [1.165, 1.54) is 11.1 Å². The second kappa shape index (κ2) is 7.69. The van der Waals surface area contributed by atoms with Gasteiger partial charge in [-0.15, -0.1) is 0 Å². The molecule has 1 N–H and O–H groups in total. The van der Waals surface area contributed by atoms with E-state index in [9.17, 15) is 0 Å². The van der Waals surface area contributed by atoms with Crippen molar-refractivity contribution in [2.75, 3.05) is 20.8 Å². The van der Waals surface area contributed by atoms with Gasteiger partial charge in [0.1, 0.15) is 0 Å². The molecule has 0 bridgehead atoms. The predicted octanol–water partition coefficient (Wildman–Crippen LogP) is 4.49. The summed E-state index contributed by atoms with van der Waals surface area (Å²) in [4.78, 5) is 0. The van der Waals surface area contributed by atoms with Crippen LogP contribution in [-0.4, -0.2) is 20.8 Å². The molecule has 0 aliphatic heterocycles. The molecule has 1 atom stereocenters. The number of nitrogens with one attached hydrogen (secondary N) is 1. The minimum Gasteiger partial charge on any atom is -0.493 e. The Bertz CT molecular complexity index is 449. The van der Waals surface area contributed by atoms with Crippen LogP contribution < -0.4 is 14.8 Å². The molecule has 0 amide bonds. The third-order valence-electron chi connectivity index (χ3n) is 3.60. The van der Waals surface area contributed by atoms with E-state index in [1.807, 2.05) is 0 Å². The fourth-order valence-electron chi connectivity index (χ4n) is 2.59. The van der Waals surface area contributed by atoms with Crippen molar-refractivity contribution in [1.29, 1.82) is 0 Å². The summed E-state index contributed by atoms with van der Waals surface area (Å²) in [7, 11) is 3.37. The Kier molecular flexibility index (Phi) is 6.53. The zero-order valence-electron chi connectivity index (χ0n) is 14.7. The van der Waals surface area contributed by atoms with E-state index in [0.717, 1.165) is 30.9 Å². The minimum absolute atomic E-state index is 0.269. The largest absolute Gasteiger partial charge is 0.493 e. The molecule has 0 fully saturated rings. The molecule has 1 aromatic carbocycles. The fourth-order valence-corrected chi connectivity index (χ4v) is 2.59. The first kappa shape index (κ1) is 17.8. The molecule has 0 saturated carbocycles. The summed E-state index contributed by atoms with van der Waals surface area (Å²) in [5, 5.41) is 3.68. The zero-order valence-corrected chi connectivity index (χ0v) is 14.7.